The number of aliphatic hydroxyl groups excluding tert-OH is 2. The number of nitro groups is 1. The molecule has 0 spiro atoms. The van der Waals surface area contributed by atoms with Crippen LogP contribution in [0.3, 0.4) is 0 Å². The Morgan fingerprint density at radius 2 is 0.769 bits per heavy atom. The second-order valence-corrected chi connectivity index (χ2v) is 29.9. The largest absolute Gasteiger partial charge is 0.514 e. The summed E-state index contributed by atoms with van der Waals surface area (Å²) in [6, 6.07) is 44.4. The van der Waals surface area contributed by atoms with E-state index < -0.39 is 157 Å². The molecule has 10 atom stereocenters. The number of nitrogens with two attached hydrogens (primary N) is 1. The molecule has 2 aliphatic heterocycles. The van der Waals surface area contributed by atoms with Gasteiger partial charge in [0.1, 0.15) is 43.7 Å². The molecule has 42 heteroatoms. The number of amides is 5. The number of rotatable bonds is 37. The van der Waals surface area contributed by atoms with E-state index in [2.05, 4.69) is 26.6 Å². The lowest BCUT2D eigenvalue weighted by Gasteiger charge is -2.43. The third-order valence-corrected chi connectivity index (χ3v) is 20.2. The first-order valence-electron chi connectivity index (χ1n) is 42.1. The smallest absolute Gasteiger partial charge is 0.467 e. The van der Waals surface area contributed by atoms with Crippen molar-refractivity contribution in [1.82, 2.24) is 16.0 Å². The van der Waals surface area contributed by atoms with Crippen LogP contribution in [0.25, 0.3) is 22.3 Å². The molecule has 716 valence electrons. The van der Waals surface area contributed by atoms with Crippen molar-refractivity contribution in [2.75, 3.05) is 77.5 Å². The Morgan fingerprint density at radius 1 is 0.418 bits per heavy atom. The molecule has 0 aromatic heterocycles. The van der Waals surface area contributed by atoms with Gasteiger partial charge in [0, 0.05) is 111 Å². The molecule has 4 aliphatic rings. The zero-order chi connectivity index (χ0) is 97.1. The van der Waals surface area contributed by atoms with Crippen LogP contribution in [0.2, 0.25) is 0 Å². The lowest BCUT2D eigenvalue weighted by atomic mass is 9.97. The number of benzene rings is 7. The molecular weight excluding hydrogens is 1760 g/mol. The van der Waals surface area contributed by atoms with Crippen molar-refractivity contribution < 1.29 is 163 Å². The predicted octanol–water partition coefficient (Wildman–Crippen LogP) is 8.59. The quantitative estimate of drug-likeness (QED) is 0.00451. The number of nitrogens with zero attached hydrogens (tertiary/aromatic N) is 1. The van der Waals surface area contributed by atoms with Crippen molar-refractivity contribution in [1.29, 1.82) is 0 Å². The number of ether oxygens (including phenoxy) is 17. The van der Waals surface area contributed by atoms with Crippen LogP contribution in [0.1, 0.15) is 125 Å². The maximum atomic E-state index is 13.5. The lowest BCUT2D eigenvalue weighted by molar-refractivity contribution is -0.384. The number of esters is 8. The molecule has 0 saturated carbocycles. The van der Waals surface area contributed by atoms with Crippen molar-refractivity contribution in [3.8, 4) is 39.5 Å². The highest BCUT2D eigenvalue weighted by molar-refractivity contribution is 5.94. The number of aliphatic hydroxyl groups is 2. The van der Waals surface area contributed by atoms with Crippen LogP contribution in [0.4, 0.5) is 36.2 Å². The van der Waals surface area contributed by atoms with E-state index in [-0.39, 0.29) is 117 Å². The van der Waals surface area contributed by atoms with Crippen molar-refractivity contribution in [2.24, 2.45) is 5.73 Å². The maximum Gasteiger partial charge on any atom is 0.514 e. The molecule has 2 heterocycles. The zero-order valence-corrected chi connectivity index (χ0v) is 74.1. The number of anilines is 2. The van der Waals surface area contributed by atoms with Gasteiger partial charge >= 0.3 is 72.2 Å². The Balaban J connectivity index is 0.000000284. The summed E-state index contributed by atoms with van der Waals surface area (Å²) in [6.07, 6.45) is -18.3. The van der Waals surface area contributed by atoms with Gasteiger partial charge in [-0.05, 0) is 124 Å². The summed E-state index contributed by atoms with van der Waals surface area (Å²) < 4.78 is 92.8. The molecule has 5 amide bonds. The molecule has 2 saturated heterocycles. The van der Waals surface area contributed by atoms with E-state index in [1.54, 1.807) is 0 Å². The lowest BCUT2D eigenvalue weighted by Crippen LogP contribution is -2.64. The monoisotopic (exact) mass is 1870 g/mol. The predicted molar refractivity (Wildman–Crippen MR) is 465 cm³/mol. The zero-order valence-electron chi connectivity index (χ0n) is 74.1. The molecule has 0 bridgehead atoms. The van der Waals surface area contributed by atoms with E-state index in [1.807, 2.05) is 97.1 Å². The number of carbonyl (C=O) groups excluding carboxylic acids is 14. The van der Waals surface area contributed by atoms with E-state index >= 15 is 0 Å². The highest BCUT2D eigenvalue weighted by atomic mass is 16.8. The molecule has 7 aromatic rings. The average molecular weight is 1870 g/mol. The number of hydrogen-bond donors (Lipinski definition) is 8. The Bertz CT molecular complexity index is 5230. The molecule has 134 heavy (non-hydrogen) atoms. The number of hydrogen-bond acceptors (Lipinski definition) is 36. The number of nitro benzene ring substituents is 1. The summed E-state index contributed by atoms with van der Waals surface area (Å²) in [5.41, 5.74) is 13.7. The number of nitrogens with one attached hydrogen (secondary N) is 5. The van der Waals surface area contributed by atoms with Gasteiger partial charge in [-0.2, -0.15) is 0 Å². The van der Waals surface area contributed by atoms with Crippen LogP contribution in [0.15, 0.2) is 158 Å². The minimum atomic E-state index is -1.81. The van der Waals surface area contributed by atoms with Crippen LogP contribution >= 0.6 is 0 Å². The molecule has 0 radical (unpaired) electrons. The van der Waals surface area contributed by atoms with Gasteiger partial charge in [-0.15, -0.1) is 0 Å². The summed E-state index contributed by atoms with van der Waals surface area (Å²) >= 11 is 0. The molecular formula is C92H103N7O35. The number of unbranched alkanes of at least 4 members (excludes halogenated alkanes) is 2. The van der Waals surface area contributed by atoms with Gasteiger partial charge in [0.25, 0.3) is 5.69 Å². The fourth-order valence-corrected chi connectivity index (χ4v) is 14.4. The number of methoxy groups -OCH3 is 2. The Labute approximate surface area is 767 Å². The standard InChI is InChI=1S/C45H43N3O18.C43H49N3O16.C4H11NO/c1-24(49)61-38-39(62-25(2)50)41(63-26(3)51)43(66-40(38)42(53)58-4)65-36-18-13-27(22-60-45(55)64-29-16-14-28(15-17-29)48(56)57)21-35(36)47-37(52)19-20-46-44(54)59-23-34-32-11-7-5-9-30(32)31-10-6-8-12-33(31)34;1-24(48)58-36-37(59-25(2)49)39(60-26(3)50)41(62-38(36)40(52)55-4)61-34-16-15-27(22-56-42(53)44-18-9-10-20-47)21-33(34)46-35(51)17-19-45-43(54)57-23-32-30-13-7-5-11-28(30)29-12-6-8-14-31(29)32;5-3-1-2-4-6/h5-18,21,34,38-41,43H,19-20,22-23H2,1-4H3,(H,46,54)(H,47,52);5-8,11-16,21,32,36-39,41,47H,9-10,17-20,22-23H2,1-4H3,(H,44,53)(H,45,54)(H,46,51);6H,1-5H2/t38-,39-,40-,41+,43?;36-,37-,38-,39+,41?;/m00./s1. The summed E-state index contributed by atoms with van der Waals surface area (Å²) in [4.78, 5) is 187. The summed E-state index contributed by atoms with van der Waals surface area (Å²) in [6.45, 7) is 6.48. The normalized spacial score (nSPS) is 18.1. The molecule has 7 aromatic carbocycles. The van der Waals surface area contributed by atoms with Gasteiger partial charge in [-0.1, -0.05) is 109 Å². The van der Waals surface area contributed by atoms with E-state index in [9.17, 15) is 77.2 Å². The summed E-state index contributed by atoms with van der Waals surface area (Å²) in [5.74, 6) is -9.57. The van der Waals surface area contributed by atoms with Crippen LogP contribution in [-0.2, 0) is 127 Å². The fraction of sp³-hybridized carbons (Fsp3) is 0.391. The number of fused-ring (bicyclic) bond motifs is 6. The van der Waals surface area contributed by atoms with Crippen molar-refractivity contribution in [2.45, 2.75) is 167 Å². The van der Waals surface area contributed by atoms with Crippen molar-refractivity contribution >= 4 is 101 Å². The van der Waals surface area contributed by atoms with Crippen LogP contribution < -0.4 is 46.5 Å². The first-order chi connectivity index (χ1) is 64.3. The number of carbonyl (C=O) groups is 14. The molecule has 2 unspecified atom stereocenters. The van der Waals surface area contributed by atoms with Gasteiger partial charge < -0.3 is 123 Å². The molecule has 42 nitrogen and oxygen atoms in total. The van der Waals surface area contributed by atoms with Crippen LogP contribution in [-0.4, -0.2) is 227 Å². The number of non-ortho nitro benzene ring substituents is 1. The van der Waals surface area contributed by atoms with E-state index in [0.29, 0.717) is 24.9 Å². The summed E-state index contributed by atoms with van der Waals surface area (Å²) in [7, 11) is 2.06. The highest BCUT2D eigenvalue weighted by Gasteiger charge is 2.58. The van der Waals surface area contributed by atoms with Gasteiger partial charge in [0.2, 0.25) is 36.6 Å². The Kier molecular flexibility index (Phi) is 39.2. The maximum absolute atomic E-state index is 13.5. The van der Waals surface area contributed by atoms with E-state index in [0.717, 1.165) is 125 Å². The number of alkyl carbamates (subject to hydrolysis) is 3. The molecule has 2 aliphatic carbocycles. The minimum absolute atomic E-state index is 0.0217. The van der Waals surface area contributed by atoms with Gasteiger partial charge in [-0.25, -0.2) is 28.8 Å². The van der Waals surface area contributed by atoms with Gasteiger partial charge in [0.05, 0.1) is 30.5 Å². The topological polar surface area (TPSA) is 566 Å². The SMILES string of the molecule is COC(=O)[C@H]1OC(Oc2ccc(COC(=O)NCCCCO)cc2NC(=O)CCNC(=O)OCC2c3ccccc3-c3ccccc32)[C@H](OC(C)=O)[C@@H](OC(C)=O)[C@@H]1OC(C)=O.COC(=O)[C@H]1OC(Oc2ccc(COC(=O)Oc3ccc([N+](=O)[O-])cc3)cc2NC(=O)CCNC(=O)OCC2c3ccccc3-c3ccccc32)[C@H](OC(C)=O)[C@@H](OC(C)=O)[C@@H]1OC(C)=O.NCCCCO. The summed E-state index contributed by atoms with van der Waals surface area (Å²) in [5, 5.41) is 41.1. The van der Waals surface area contributed by atoms with Crippen LogP contribution in [0.5, 0.6) is 17.2 Å². The third-order valence-electron chi connectivity index (χ3n) is 20.2. The molecule has 9 N–H and O–H groups in total. The van der Waals surface area contributed by atoms with E-state index in [4.69, 9.17) is 96.5 Å². The fourth-order valence-electron chi connectivity index (χ4n) is 14.4. The van der Waals surface area contributed by atoms with Crippen molar-refractivity contribution in [3.05, 3.63) is 201 Å². The second-order valence-electron chi connectivity index (χ2n) is 29.9. The minimum Gasteiger partial charge on any atom is -0.467 e. The molecule has 2 fully saturated rings. The third kappa shape index (κ3) is 29.8. The first kappa shape index (κ1) is 103. The highest BCUT2D eigenvalue weighted by Crippen LogP contribution is 2.47. The molecule has 11 rings (SSSR count). The van der Waals surface area contributed by atoms with E-state index in [1.165, 1.54) is 48.5 Å². The van der Waals surface area contributed by atoms with Crippen molar-refractivity contribution in [3.63, 3.8) is 0 Å². The first-order valence-corrected chi connectivity index (χ1v) is 42.1. The average Bonchev–Trinajstić information content (AvgIpc) is 1.07. The Hall–Kier alpha value is -14.9. The van der Waals surface area contributed by atoms with Crippen LogP contribution in [0, 0.1) is 10.1 Å². The second kappa shape index (κ2) is 51.1. The van der Waals surface area contributed by atoms with Gasteiger partial charge in [-0.3, -0.25) is 48.5 Å². The Morgan fingerprint density at radius 3 is 1.13 bits per heavy atom. The van der Waals surface area contributed by atoms with Gasteiger partial charge in [0.15, 0.2) is 36.6 Å².